The summed E-state index contributed by atoms with van der Waals surface area (Å²) in [4.78, 5) is 15.2. The molecule has 190 valence electrons. The molecule has 35 heavy (non-hydrogen) atoms. The van der Waals surface area contributed by atoms with Crippen molar-refractivity contribution in [3.63, 3.8) is 0 Å². The molecule has 2 aliphatic heterocycles. The molecular formula is C25H29Cl3N2O4S. The number of hydrogen-bond donors (Lipinski definition) is 0. The average Bonchev–Trinajstić information content (AvgIpc) is 2.84. The Kier molecular flexibility index (Phi) is 8.54. The van der Waals surface area contributed by atoms with Crippen LogP contribution in [0.5, 0.6) is 5.75 Å². The standard InChI is InChI=1S/C25H29Cl3N2O4S/c26-19-5-7-22(8-6-19)34-18-25(16-24(31)29-10-2-1-3-11-29)9-4-12-30(17-25)35(32,33)23-14-20(27)13-21(28)15-23/h5-8,13-15H,1-4,9-12,16-18H2/t25-/m0/s1. The van der Waals surface area contributed by atoms with Crippen LogP contribution in [-0.2, 0) is 14.8 Å². The second-order valence-corrected chi connectivity index (χ2v) is 12.7. The minimum absolute atomic E-state index is 0.0479. The molecule has 0 saturated carbocycles. The molecule has 1 atom stereocenters. The van der Waals surface area contributed by atoms with E-state index in [1.54, 1.807) is 24.3 Å². The van der Waals surface area contributed by atoms with Gasteiger partial charge in [0.1, 0.15) is 5.75 Å². The van der Waals surface area contributed by atoms with Gasteiger partial charge in [0.05, 0.1) is 11.5 Å². The third-order valence-corrected chi connectivity index (χ3v) is 9.21. The molecule has 2 heterocycles. The highest BCUT2D eigenvalue weighted by atomic mass is 35.5. The molecule has 0 bridgehead atoms. The van der Waals surface area contributed by atoms with Crippen molar-refractivity contribution in [3.8, 4) is 5.75 Å². The monoisotopic (exact) mass is 558 g/mol. The van der Waals surface area contributed by atoms with E-state index in [1.807, 2.05) is 4.90 Å². The van der Waals surface area contributed by atoms with Crippen molar-refractivity contribution in [1.82, 2.24) is 9.21 Å². The first-order chi connectivity index (χ1) is 16.7. The Hall–Kier alpha value is -1.51. The SMILES string of the molecule is O=C(C[C@@]1(COc2ccc(Cl)cc2)CCCN(S(=O)(=O)c2cc(Cl)cc(Cl)c2)C1)N1CCCCC1. The summed E-state index contributed by atoms with van der Waals surface area (Å²) in [6.45, 7) is 2.24. The van der Waals surface area contributed by atoms with E-state index in [9.17, 15) is 13.2 Å². The van der Waals surface area contributed by atoms with Gasteiger partial charge in [0.2, 0.25) is 15.9 Å². The summed E-state index contributed by atoms with van der Waals surface area (Å²) in [5.74, 6) is 0.676. The highest BCUT2D eigenvalue weighted by molar-refractivity contribution is 7.89. The van der Waals surface area contributed by atoms with Gasteiger partial charge in [-0.1, -0.05) is 34.8 Å². The molecule has 6 nitrogen and oxygen atoms in total. The lowest BCUT2D eigenvalue weighted by Gasteiger charge is -2.42. The summed E-state index contributed by atoms with van der Waals surface area (Å²) in [5, 5.41) is 1.11. The molecule has 4 rings (SSSR count). The summed E-state index contributed by atoms with van der Waals surface area (Å²) in [7, 11) is -3.86. The number of rotatable bonds is 7. The van der Waals surface area contributed by atoms with E-state index in [-0.39, 0.29) is 40.4 Å². The van der Waals surface area contributed by atoms with Crippen LogP contribution in [0.15, 0.2) is 47.4 Å². The zero-order chi connectivity index (χ0) is 25.1. The predicted octanol–water partition coefficient (Wildman–Crippen LogP) is 5.90. The maximum atomic E-state index is 13.5. The number of hydrogen-bond acceptors (Lipinski definition) is 4. The summed E-state index contributed by atoms with van der Waals surface area (Å²) in [6, 6.07) is 11.3. The van der Waals surface area contributed by atoms with Crippen molar-refractivity contribution in [2.45, 2.75) is 43.4 Å². The molecule has 0 spiro atoms. The Morgan fingerprint density at radius 1 is 0.886 bits per heavy atom. The lowest BCUT2D eigenvalue weighted by atomic mass is 9.78. The van der Waals surface area contributed by atoms with E-state index in [1.165, 1.54) is 22.5 Å². The molecule has 0 radical (unpaired) electrons. The van der Waals surface area contributed by atoms with E-state index < -0.39 is 15.4 Å². The van der Waals surface area contributed by atoms with Crippen LogP contribution < -0.4 is 4.74 Å². The van der Waals surface area contributed by atoms with E-state index in [0.29, 0.717) is 30.2 Å². The van der Waals surface area contributed by atoms with E-state index in [0.717, 1.165) is 32.4 Å². The van der Waals surface area contributed by atoms with Gasteiger partial charge >= 0.3 is 0 Å². The van der Waals surface area contributed by atoms with Crippen LogP contribution in [0, 0.1) is 5.41 Å². The fraction of sp³-hybridized carbons (Fsp3) is 0.480. The summed E-state index contributed by atoms with van der Waals surface area (Å²) < 4.78 is 34.6. The van der Waals surface area contributed by atoms with Gasteiger partial charge in [-0.3, -0.25) is 4.79 Å². The van der Waals surface area contributed by atoms with Crippen molar-refractivity contribution in [1.29, 1.82) is 0 Å². The lowest BCUT2D eigenvalue weighted by molar-refractivity contribution is -0.136. The highest BCUT2D eigenvalue weighted by Gasteiger charge is 2.43. The number of likely N-dealkylation sites (tertiary alicyclic amines) is 1. The number of piperidine rings is 2. The van der Waals surface area contributed by atoms with Crippen LogP contribution in [0.3, 0.4) is 0 Å². The van der Waals surface area contributed by atoms with Gasteiger partial charge in [0.25, 0.3) is 0 Å². The Morgan fingerprint density at radius 3 is 2.20 bits per heavy atom. The average molecular weight is 560 g/mol. The Morgan fingerprint density at radius 2 is 1.54 bits per heavy atom. The third kappa shape index (κ3) is 6.63. The zero-order valence-electron chi connectivity index (χ0n) is 19.4. The van der Waals surface area contributed by atoms with E-state index in [4.69, 9.17) is 39.5 Å². The Balaban J connectivity index is 1.59. The molecule has 0 unspecified atom stereocenters. The molecule has 1 amide bonds. The maximum absolute atomic E-state index is 13.5. The highest BCUT2D eigenvalue weighted by Crippen LogP contribution is 2.38. The number of nitrogens with zero attached hydrogens (tertiary/aromatic N) is 2. The van der Waals surface area contributed by atoms with Crippen molar-refractivity contribution in [2.24, 2.45) is 5.41 Å². The molecule has 0 aliphatic carbocycles. The van der Waals surface area contributed by atoms with Gasteiger partial charge in [0, 0.05) is 53.1 Å². The predicted molar refractivity (Wildman–Crippen MR) is 139 cm³/mol. The van der Waals surface area contributed by atoms with E-state index in [2.05, 4.69) is 0 Å². The topological polar surface area (TPSA) is 66.9 Å². The van der Waals surface area contributed by atoms with Crippen LogP contribution in [0.2, 0.25) is 15.1 Å². The van der Waals surface area contributed by atoms with Gasteiger partial charge in [0.15, 0.2) is 0 Å². The smallest absolute Gasteiger partial charge is 0.243 e. The molecule has 10 heteroatoms. The Labute approximate surface area is 222 Å². The molecule has 2 fully saturated rings. The molecule has 0 aromatic heterocycles. The zero-order valence-corrected chi connectivity index (χ0v) is 22.5. The first-order valence-corrected chi connectivity index (χ1v) is 14.4. The van der Waals surface area contributed by atoms with Gasteiger partial charge in [-0.15, -0.1) is 0 Å². The van der Waals surface area contributed by atoms with E-state index >= 15 is 0 Å². The lowest BCUT2D eigenvalue weighted by Crippen LogP contribution is -2.51. The number of ether oxygens (including phenoxy) is 1. The normalized spacial score (nSPS) is 21.6. The maximum Gasteiger partial charge on any atom is 0.243 e. The molecule has 2 saturated heterocycles. The Bertz CT molecular complexity index is 1130. The molecule has 0 N–H and O–H groups in total. The number of carbonyl (C=O) groups is 1. The molecule has 2 aromatic rings. The summed E-state index contributed by atoms with van der Waals surface area (Å²) >= 11 is 18.2. The third-order valence-electron chi connectivity index (χ3n) is 6.69. The van der Waals surface area contributed by atoms with Gasteiger partial charge in [-0.25, -0.2) is 8.42 Å². The number of halogens is 3. The second kappa shape index (κ2) is 11.3. The molecule has 2 aliphatic rings. The van der Waals surface area contributed by atoms with Crippen molar-refractivity contribution < 1.29 is 17.9 Å². The number of carbonyl (C=O) groups excluding carboxylic acids is 1. The van der Waals surface area contributed by atoms with Crippen LogP contribution in [0.25, 0.3) is 0 Å². The quantitative estimate of drug-likeness (QED) is 0.424. The number of sulfonamides is 1. The van der Waals surface area contributed by atoms with Crippen LogP contribution in [0.1, 0.15) is 38.5 Å². The fourth-order valence-electron chi connectivity index (χ4n) is 4.85. The minimum Gasteiger partial charge on any atom is -0.493 e. The first kappa shape index (κ1) is 26.6. The largest absolute Gasteiger partial charge is 0.493 e. The summed E-state index contributed by atoms with van der Waals surface area (Å²) in [5.41, 5.74) is -0.665. The van der Waals surface area contributed by atoms with Crippen LogP contribution in [0.4, 0.5) is 0 Å². The van der Waals surface area contributed by atoms with Gasteiger partial charge < -0.3 is 9.64 Å². The van der Waals surface area contributed by atoms with Crippen LogP contribution >= 0.6 is 34.8 Å². The second-order valence-electron chi connectivity index (χ2n) is 9.41. The number of benzene rings is 2. The fourth-order valence-corrected chi connectivity index (χ4v) is 7.30. The van der Waals surface area contributed by atoms with Crippen LogP contribution in [-0.4, -0.2) is 56.3 Å². The summed E-state index contributed by atoms with van der Waals surface area (Å²) in [6.07, 6.45) is 4.64. The molecule has 2 aromatic carbocycles. The molecular weight excluding hydrogens is 531 g/mol. The number of amides is 1. The van der Waals surface area contributed by atoms with Gasteiger partial charge in [-0.2, -0.15) is 4.31 Å². The van der Waals surface area contributed by atoms with Crippen molar-refractivity contribution in [3.05, 3.63) is 57.5 Å². The van der Waals surface area contributed by atoms with Crippen molar-refractivity contribution in [2.75, 3.05) is 32.8 Å². The first-order valence-electron chi connectivity index (χ1n) is 11.8. The minimum atomic E-state index is -3.86. The van der Waals surface area contributed by atoms with Gasteiger partial charge in [-0.05, 0) is 74.6 Å². The van der Waals surface area contributed by atoms with Crippen molar-refractivity contribution >= 4 is 50.7 Å².